The van der Waals surface area contributed by atoms with E-state index in [2.05, 4.69) is 0 Å². The molecule has 0 amide bonds. The van der Waals surface area contributed by atoms with E-state index in [-0.39, 0.29) is 17.8 Å². The van der Waals surface area contributed by atoms with E-state index in [9.17, 15) is 8.42 Å². The summed E-state index contributed by atoms with van der Waals surface area (Å²) in [7, 11) is -2.42. The quantitative estimate of drug-likeness (QED) is 0.713. The lowest BCUT2D eigenvalue weighted by Crippen LogP contribution is -2.30. The van der Waals surface area contributed by atoms with Crippen LogP contribution in [0.3, 0.4) is 0 Å². The lowest BCUT2D eigenvalue weighted by molar-refractivity contribution is 0.0776. The summed E-state index contributed by atoms with van der Waals surface area (Å²) < 4.78 is 35.0. The van der Waals surface area contributed by atoms with E-state index in [1.54, 1.807) is 11.8 Å². The van der Waals surface area contributed by atoms with Gasteiger partial charge in [-0.05, 0) is 23.8 Å². The maximum atomic E-state index is 10.6. The van der Waals surface area contributed by atoms with Crippen LogP contribution in [0.1, 0.15) is 6.42 Å². The Balaban J connectivity index is 2.51. The smallest absolute Gasteiger partial charge is 0.267 e. The van der Waals surface area contributed by atoms with Crippen molar-refractivity contribution in [2.45, 2.75) is 12.5 Å². The maximum absolute atomic E-state index is 10.6. The van der Waals surface area contributed by atoms with E-state index in [4.69, 9.17) is 9.29 Å². The van der Waals surface area contributed by atoms with Crippen molar-refractivity contribution >= 4 is 21.9 Å². The monoisotopic (exact) mass is 226 g/mol. The van der Waals surface area contributed by atoms with Gasteiger partial charge in [0.15, 0.2) is 0 Å². The van der Waals surface area contributed by atoms with Crippen LogP contribution in [0.15, 0.2) is 0 Å². The van der Waals surface area contributed by atoms with Crippen molar-refractivity contribution in [3.8, 4) is 0 Å². The third kappa shape index (κ3) is 3.84. The molecule has 0 aromatic carbocycles. The van der Waals surface area contributed by atoms with Gasteiger partial charge in [-0.2, -0.15) is 20.2 Å². The Kier molecular flexibility index (Phi) is 4.03. The predicted molar refractivity (Wildman–Crippen MR) is 52.6 cm³/mol. The SMILES string of the molecule is COC(CS(=O)(=O)O)C1CCSC1. The van der Waals surface area contributed by atoms with Crippen molar-refractivity contribution in [1.29, 1.82) is 0 Å². The number of rotatable bonds is 4. The Hall–Kier alpha value is 0.220. The van der Waals surface area contributed by atoms with Crippen LogP contribution in [0.25, 0.3) is 0 Å². The van der Waals surface area contributed by atoms with Gasteiger partial charge in [0.05, 0.1) is 6.10 Å². The van der Waals surface area contributed by atoms with E-state index in [1.807, 2.05) is 0 Å². The second kappa shape index (κ2) is 4.63. The van der Waals surface area contributed by atoms with Crippen molar-refractivity contribution in [2.24, 2.45) is 5.92 Å². The number of methoxy groups -OCH3 is 1. The molecule has 13 heavy (non-hydrogen) atoms. The summed E-state index contributed by atoms with van der Waals surface area (Å²) in [5.41, 5.74) is 0. The highest BCUT2D eigenvalue weighted by Crippen LogP contribution is 2.27. The number of hydrogen-bond donors (Lipinski definition) is 1. The molecule has 78 valence electrons. The molecule has 1 rings (SSSR count). The molecule has 0 aromatic rings. The van der Waals surface area contributed by atoms with Crippen LogP contribution >= 0.6 is 11.8 Å². The van der Waals surface area contributed by atoms with Gasteiger partial charge in [0.25, 0.3) is 10.1 Å². The standard InChI is InChI=1S/C7H14O4S2/c1-11-7(5-13(8,9)10)6-2-3-12-4-6/h6-7H,2-5H2,1H3,(H,8,9,10). The van der Waals surface area contributed by atoms with Gasteiger partial charge in [-0.3, -0.25) is 4.55 Å². The minimum absolute atomic E-state index is 0.261. The van der Waals surface area contributed by atoms with E-state index >= 15 is 0 Å². The largest absolute Gasteiger partial charge is 0.380 e. The average Bonchev–Trinajstić information content (AvgIpc) is 2.50. The van der Waals surface area contributed by atoms with Gasteiger partial charge in [0, 0.05) is 7.11 Å². The molecular weight excluding hydrogens is 212 g/mol. The zero-order chi connectivity index (χ0) is 9.90. The van der Waals surface area contributed by atoms with E-state index in [0.29, 0.717) is 0 Å². The van der Waals surface area contributed by atoms with Crippen molar-refractivity contribution in [1.82, 2.24) is 0 Å². The second-order valence-electron chi connectivity index (χ2n) is 3.15. The van der Waals surface area contributed by atoms with Crippen LogP contribution < -0.4 is 0 Å². The predicted octanol–water partition coefficient (Wildman–Crippen LogP) is 0.642. The van der Waals surface area contributed by atoms with E-state index in [1.165, 1.54) is 7.11 Å². The number of thioether (sulfide) groups is 1. The molecule has 2 atom stereocenters. The van der Waals surface area contributed by atoms with Gasteiger partial charge in [-0.15, -0.1) is 0 Å². The van der Waals surface area contributed by atoms with Crippen molar-refractivity contribution in [2.75, 3.05) is 24.4 Å². The molecule has 4 nitrogen and oxygen atoms in total. The lowest BCUT2D eigenvalue weighted by Gasteiger charge is -2.19. The minimum Gasteiger partial charge on any atom is -0.380 e. The fraction of sp³-hybridized carbons (Fsp3) is 1.00. The van der Waals surface area contributed by atoms with E-state index < -0.39 is 10.1 Å². The third-order valence-corrected chi connectivity index (χ3v) is 4.11. The first-order valence-corrected chi connectivity index (χ1v) is 6.85. The molecule has 0 aromatic heterocycles. The maximum Gasteiger partial charge on any atom is 0.267 e. The molecule has 1 heterocycles. The van der Waals surface area contributed by atoms with Gasteiger partial charge in [-0.1, -0.05) is 0 Å². The molecule has 0 aliphatic carbocycles. The molecule has 0 bridgehead atoms. The summed E-state index contributed by atoms with van der Waals surface area (Å²) >= 11 is 1.80. The highest BCUT2D eigenvalue weighted by atomic mass is 32.2. The molecule has 0 saturated carbocycles. The normalized spacial score (nSPS) is 26.2. The van der Waals surface area contributed by atoms with Gasteiger partial charge >= 0.3 is 0 Å². The van der Waals surface area contributed by atoms with Gasteiger partial charge in [-0.25, -0.2) is 0 Å². The molecule has 1 aliphatic heterocycles. The molecule has 6 heteroatoms. The molecule has 1 saturated heterocycles. The molecule has 1 fully saturated rings. The topological polar surface area (TPSA) is 63.6 Å². The summed E-state index contributed by atoms with van der Waals surface area (Å²) in [6, 6.07) is 0. The average molecular weight is 226 g/mol. The Labute approximate surface area is 82.8 Å². The lowest BCUT2D eigenvalue weighted by atomic mass is 10.0. The van der Waals surface area contributed by atoms with Crippen LogP contribution in [-0.2, 0) is 14.9 Å². The summed E-state index contributed by atoms with van der Waals surface area (Å²) in [5, 5.41) is 0. The molecule has 0 radical (unpaired) electrons. The fourth-order valence-electron chi connectivity index (χ4n) is 1.45. The molecule has 2 unspecified atom stereocenters. The highest BCUT2D eigenvalue weighted by Gasteiger charge is 2.28. The Morgan fingerprint density at radius 3 is 2.77 bits per heavy atom. The van der Waals surface area contributed by atoms with Crippen LogP contribution in [0.4, 0.5) is 0 Å². The first-order chi connectivity index (χ1) is 6.03. The summed E-state index contributed by atoms with van der Waals surface area (Å²) in [6.45, 7) is 0. The molecule has 1 N–H and O–H groups in total. The molecule has 1 aliphatic rings. The Morgan fingerprint density at radius 1 is 1.69 bits per heavy atom. The van der Waals surface area contributed by atoms with Crippen LogP contribution in [0, 0.1) is 5.92 Å². The summed E-state index contributed by atoms with van der Waals surface area (Å²) in [5.74, 6) is 1.95. The fourth-order valence-corrected chi connectivity index (χ4v) is 3.59. The zero-order valence-corrected chi connectivity index (χ0v) is 9.10. The first-order valence-electron chi connectivity index (χ1n) is 4.08. The zero-order valence-electron chi connectivity index (χ0n) is 7.47. The third-order valence-electron chi connectivity index (χ3n) is 2.17. The Morgan fingerprint density at radius 2 is 2.38 bits per heavy atom. The van der Waals surface area contributed by atoms with Gasteiger partial charge in [0.2, 0.25) is 0 Å². The number of hydrogen-bond acceptors (Lipinski definition) is 4. The van der Waals surface area contributed by atoms with Crippen molar-refractivity contribution in [3.05, 3.63) is 0 Å². The van der Waals surface area contributed by atoms with Crippen LogP contribution in [-0.4, -0.2) is 43.4 Å². The summed E-state index contributed by atoms with van der Waals surface area (Å²) in [6.07, 6.45) is 0.614. The second-order valence-corrected chi connectivity index (χ2v) is 5.79. The first kappa shape index (κ1) is 11.3. The molecule has 0 spiro atoms. The number of ether oxygens (including phenoxy) is 1. The summed E-state index contributed by atoms with van der Waals surface area (Å²) in [4.78, 5) is 0. The van der Waals surface area contributed by atoms with Crippen LogP contribution in [0.2, 0.25) is 0 Å². The molecular formula is C7H14O4S2. The van der Waals surface area contributed by atoms with Gasteiger partial charge < -0.3 is 4.74 Å². The van der Waals surface area contributed by atoms with E-state index in [0.717, 1.165) is 17.9 Å². The van der Waals surface area contributed by atoms with Gasteiger partial charge in [0.1, 0.15) is 5.75 Å². The van der Waals surface area contributed by atoms with Crippen LogP contribution in [0.5, 0.6) is 0 Å². The van der Waals surface area contributed by atoms with Crippen molar-refractivity contribution < 1.29 is 17.7 Å². The highest BCUT2D eigenvalue weighted by molar-refractivity contribution is 7.99. The van der Waals surface area contributed by atoms with Crippen molar-refractivity contribution in [3.63, 3.8) is 0 Å². The minimum atomic E-state index is -3.91. The Bertz CT molecular complexity index is 243.